The van der Waals surface area contributed by atoms with Crippen LogP contribution in [0, 0.1) is 0 Å². The summed E-state index contributed by atoms with van der Waals surface area (Å²) in [7, 11) is 3.09. The monoisotopic (exact) mass is 462 g/mol. The summed E-state index contributed by atoms with van der Waals surface area (Å²) in [5.74, 6) is 1.70. The highest BCUT2D eigenvalue weighted by Crippen LogP contribution is 2.24. The number of pyridine rings is 1. The highest BCUT2D eigenvalue weighted by Gasteiger charge is 2.21. The molecule has 178 valence electrons. The molecule has 1 amide bonds. The van der Waals surface area contributed by atoms with Crippen molar-refractivity contribution in [2.45, 2.75) is 6.10 Å². The molecule has 0 aliphatic carbocycles. The summed E-state index contributed by atoms with van der Waals surface area (Å²) in [4.78, 5) is 21.7. The van der Waals surface area contributed by atoms with Gasteiger partial charge in [0.05, 0.1) is 32.2 Å². The lowest BCUT2D eigenvalue weighted by Gasteiger charge is -2.36. The van der Waals surface area contributed by atoms with E-state index in [1.165, 1.54) is 0 Å². The Labute approximate surface area is 199 Å². The fourth-order valence-electron chi connectivity index (χ4n) is 3.97. The number of aliphatic hydroxyl groups excluding tert-OH is 1. The molecule has 0 spiro atoms. The molecule has 1 fully saturated rings. The number of carbonyl (C=O) groups excluding carboxylic acids is 1. The molecule has 8 nitrogen and oxygen atoms in total. The average molecular weight is 463 g/mol. The Morgan fingerprint density at radius 3 is 2.26 bits per heavy atom. The number of aliphatic hydroxyl groups is 1. The van der Waals surface area contributed by atoms with Gasteiger partial charge in [0, 0.05) is 44.4 Å². The Balaban J connectivity index is 1.31. The number of amides is 1. The van der Waals surface area contributed by atoms with Crippen molar-refractivity contribution in [2.24, 2.45) is 0 Å². The van der Waals surface area contributed by atoms with E-state index < -0.39 is 6.10 Å². The van der Waals surface area contributed by atoms with Crippen LogP contribution in [0.3, 0.4) is 0 Å². The number of piperazine rings is 1. The van der Waals surface area contributed by atoms with Gasteiger partial charge in [0.2, 0.25) is 0 Å². The molecule has 2 heterocycles. The van der Waals surface area contributed by atoms with Crippen molar-refractivity contribution in [2.75, 3.05) is 57.2 Å². The number of aromatic nitrogens is 1. The molecular weight excluding hydrogens is 432 g/mol. The van der Waals surface area contributed by atoms with Crippen LogP contribution in [-0.4, -0.2) is 67.8 Å². The summed E-state index contributed by atoms with van der Waals surface area (Å²) < 4.78 is 10.5. The quantitative estimate of drug-likeness (QED) is 0.532. The zero-order valence-corrected chi connectivity index (χ0v) is 19.5. The molecule has 2 N–H and O–H groups in total. The Hall–Kier alpha value is -3.62. The molecule has 1 atom stereocenters. The first-order valence-corrected chi connectivity index (χ1v) is 11.3. The predicted octanol–water partition coefficient (Wildman–Crippen LogP) is 3.21. The molecule has 3 aromatic rings. The second-order valence-electron chi connectivity index (χ2n) is 8.17. The molecule has 34 heavy (non-hydrogen) atoms. The number of nitrogens with one attached hydrogen (secondary N) is 1. The maximum atomic E-state index is 12.7. The Morgan fingerprint density at radius 1 is 1.00 bits per heavy atom. The minimum Gasteiger partial charge on any atom is -0.497 e. The van der Waals surface area contributed by atoms with E-state index in [4.69, 9.17) is 9.47 Å². The van der Waals surface area contributed by atoms with Crippen LogP contribution in [0.1, 0.15) is 22.0 Å². The second kappa shape index (κ2) is 11.0. The third-order valence-electron chi connectivity index (χ3n) is 5.93. The maximum Gasteiger partial charge on any atom is 0.255 e. The number of hydrogen-bond donors (Lipinski definition) is 2. The SMILES string of the molecule is COc1cc(OC)cc(C(=O)Nc2ccc(N3CCN(CC(O)c4ccccc4)CC3)nc2)c1. The van der Waals surface area contributed by atoms with Crippen LogP contribution < -0.4 is 19.7 Å². The first-order valence-electron chi connectivity index (χ1n) is 11.3. The Kier molecular flexibility index (Phi) is 7.61. The number of rotatable bonds is 8. The predicted molar refractivity (Wildman–Crippen MR) is 132 cm³/mol. The van der Waals surface area contributed by atoms with Crippen LogP contribution in [0.15, 0.2) is 66.9 Å². The molecule has 1 saturated heterocycles. The van der Waals surface area contributed by atoms with Gasteiger partial charge in [0.25, 0.3) is 5.91 Å². The van der Waals surface area contributed by atoms with Crippen LogP contribution >= 0.6 is 0 Å². The third kappa shape index (κ3) is 5.84. The molecule has 1 aliphatic heterocycles. The van der Waals surface area contributed by atoms with Gasteiger partial charge in [-0.05, 0) is 29.8 Å². The number of anilines is 2. The number of nitrogens with zero attached hydrogens (tertiary/aromatic N) is 3. The first kappa shape index (κ1) is 23.5. The molecule has 2 aromatic carbocycles. The lowest BCUT2D eigenvalue weighted by atomic mass is 10.1. The molecule has 1 unspecified atom stereocenters. The van der Waals surface area contributed by atoms with Gasteiger partial charge < -0.3 is 24.8 Å². The number of benzene rings is 2. The van der Waals surface area contributed by atoms with E-state index in [-0.39, 0.29) is 5.91 Å². The average Bonchev–Trinajstić information content (AvgIpc) is 2.89. The van der Waals surface area contributed by atoms with Crippen LogP contribution in [-0.2, 0) is 0 Å². The van der Waals surface area contributed by atoms with Gasteiger partial charge >= 0.3 is 0 Å². The lowest BCUT2D eigenvalue weighted by Crippen LogP contribution is -2.47. The van der Waals surface area contributed by atoms with Crippen molar-refractivity contribution >= 4 is 17.4 Å². The summed E-state index contributed by atoms with van der Waals surface area (Å²) in [6.45, 7) is 3.96. The summed E-state index contributed by atoms with van der Waals surface area (Å²) in [5.41, 5.74) is 1.99. The van der Waals surface area contributed by atoms with Gasteiger partial charge in [-0.1, -0.05) is 30.3 Å². The highest BCUT2D eigenvalue weighted by atomic mass is 16.5. The van der Waals surface area contributed by atoms with Crippen molar-refractivity contribution in [1.82, 2.24) is 9.88 Å². The van der Waals surface area contributed by atoms with Gasteiger partial charge in [-0.25, -0.2) is 4.98 Å². The van der Waals surface area contributed by atoms with Crippen molar-refractivity contribution in [3.63, 3.8) is 0 Å². The molecule has 1 aromatic heterocycles. The zero-order chi connectivity index (χ0) is 23.9. The van der Waals surface area contributed by atoms with Crippen molar-refractivity contribution in [3.8, 4) is 11.5 Å². The van der Waals surface area contributed by atoms with E-state index in [2.05, 4.69) is 20.1 Å². The van der Waals surface area contributed by atoms with Crippen molar-refractivity contribution < 1.29 is 19.4 Å². The van der Waals surface area contributed by atoms with E-state index in [0.717, 1.165) is 37.6 Å². The summed E-state index contributed by atoms with van der Waals surface area (Å²) in [6.07, 6.45) is 1.18. The number of hydrogen-bond acceptors (Lipinski definition) is 7. The molecule has 0 bridgehead atoms. The first-order chi connectivity index (χ1) is 16.6. The van der Waals surface area contributed by atoms with Gasteiger partial charge in [-0.15, -0.1) is 0 Å². The van der Waals surface area contributed by atoms with E-state index in [0.29, 0.717) is 29.3 Å². The third-order valence-corrected chi connectivity index (χ3v) is 5.93. The van der Waals surface area contributed by atoms with Gasteiger partial charge in [0.15, 0.2) is 0 Å². The molecule has 8 heteroatoms. The summed E-state index contributed by atoms with van der Waals surface area (Å²) >= 11 is 0. The fourth-order valence-corrected chi connectivity index (χ4v) is 3.97. The maximum absolute atomic E-state index is 12.7. The molecule has 0 saturated carbocycles. The van der Waals surface area contributed by atoms with E-state index in [1.807, 2.05) is 42.5 Å². The fraction of sp³-hybridized carbons (Fsp3) is 0.308. The van der Waals surface area contributed by atoms with Crippen LogP contribution in [0.5, 0.6) is 11.5 Å². The van der Waals surface area contributed by atoms with E-state index in [9.17, 15) is 9.90 Å². The molecular formula is C26H30N4O4. The number of β-amino-alcohol motifs (C(OH)–C–C–N with tert-alkyl or cyclic N) is 1. The lowest BCUT2D eigenvalue weighted by molar-refractivity contribution is 0.102. The summed E-state index contributed by atoms with van der Waals surface area (Å²) in [5, 5.41) is 13.4. The van der Waals surface area contributed by atoms with E-state index in [1.54, 1.807) is 38.6 Å². The minimum absolute atomic E-state index is 0.266. The molecule has 0 radical (unpaired) electrons. The topological polar surface area (TPSA) is 87.2 Å². The minimum atomic E-state index is -0.488. The normalized spacial score (nSPS) is 15.0. The van der Waals surface area contributed by atoms with Crippen molar-refractivity contribution in [3.05, 3.63) is 78.0 Å². The molecule has 4 rings (SSSR count). The largest absolute Gasteiger partial charge is 0.497 e. The summed E-state index contributed by atoms with van der Waals surface area (Å²) in [6, 6.07) is 18.6. The Bertz CT molecular complexity index is 1060. The zero-order valence-electron chi connectivity index (χ0n) is 19.5. The number of methoxy groups -OCH3 is 2. The van der Waals surface area contributed by atoms with Crippen LogP contribution in [0.2, 0.25) is 0 Å². The Morgan fingerprint density at radius 2 is 1.68 bits per heavy atom. The second-order valence-corrected chi connectivity index (χ2v) is 8.17. The van der Waals surface area contributed by atoms with Gasteiger partial charge in [-0.3, -0.25) is 9.69 Å². The molecule has 1 aliphatic rings. The number of ether oxygens (including phenoxy) is 2. The standard InChI is InChI=1S/C26H30N4O4/c1-33-22-14-20(15-23(16-22)34-2)26(32)28-21-8-9-25(27-17-21)30-12-10-29(11-13-30)18-24(31)19-6-4-3-5-7-19/h3-9,14-17,24,31H,10-13,18H2,1-2H3,(H,28,32). The highest BCUT2D eigenvalue weighted by molar-refractivity contribution is 6.04. The van der Waals surface area contributed by atoms with Gasteiger partial charge in [0.1, 0.15) is 17.3 Å². The van der Waals surface area contributed by atoms with E-state index >= 15 is 0 Å². The van der Waals surface area contributed by atoms with Gasteiger partial charge in [-0.2, -0.15) is 0 Å². The van der Waals surface area contributed by atoms with Crippen molar-refractivity contribution in [1.29, 1.82) is 0 Å². The van der Waals surface area contributed by atoms with Crippen LogP contribution in [0.4, 0.5) is 11.5 Å². The van der Waals surface area contributed by atoms with Crippen LogP contribution in [0.25, 0.3) is 0 Å². The number of carbonyl (C=O) groups is 1. The smallest absolute Gasteiger partial charge is 0.255 e.